The highest BCUT2D eigenvalue weighted by atomic mass is 15.2. The maximum absolute atomic E-state index is 4.32. The van der Waals surface area contributed by atoms with Gasteiger partial charge >= 0.3 is 0 Å². The van der Waals surface area contributed by atoms with Crippen molar-refractivity contribution in [2.75, 3.05) is 51.5 Å². The molecule has 0 atom stereocenters. The van der Waals surface area contributed by atoms with E-state index in [-0.39, 0.29) is 0 Å². The van der Waals surface area contributed by atoms with Gasteiger partial charge in [0.1, 0.15) is 18.0 Å². The van der Waals surface area contributed by atoms with E-state index in [4.69, 9.17) is 0 Å². The lowest BCUT2D eigenvalue weighted by atomic mass is 10.3. The monoisotopic (exact) mass is 223 g/mol. The number of likely N-dealkylation sites (N-methyl/N-ethyl adjacent to an activating group) is 2. The first-order chi connectivity index (χ1) is 7.56. The van der Waals surface area contributed by atoms with Crippen LogP contribution >= 0.6 is 0 Å². The first kappa shape index (κ1) is 12.7. The Morgan fingerprint density at radius 3 is 2.44 bits per heavy atom. The minimum Gasteiger partial charge on any atom is -0.373 e. The summed E-state index contributed by atoms with van der Waals surface area (Å²) in [7, 11) is 8.07. The van der Waals surface area contributed by atoms with Crippen LogP contribution in [0.5, 0.6) is 0 Å². The van der Waals surface area contributed by atoms with Gasteiger partial charge in [0.25, 0.3) is 0 Å². The van der Waals surface area contributed by atoms with Crippen molar-refractivity contribution in [2.24, 2.45) is 0 Å². The Kier molecular flexibility index (Phi) is 4.49. The lowest BCUT2D eigenvalue weighted by Gasteiger charge is -2.22. The molecule has 0 aliphatic carbocycles. The molecule has 0 aliphatic heterocycles. The second-order valence-electron chi connectivity index (χ2n) is 4.15. The molecule has 0 aliphatic rings. The summed E-state index contributed by atoms with van der Waals surface area (Å²) < 4.78 is 0. The van der Waals surface area contributed by atoms with E-state index < -0.39 is 0 Å². The van der Waals surface area contributed by atoms with Gasteiger partial charge in [-0.3, -0.25) is 0 Å². The molecule has 0 spiro atoms. The molecule has 0 fully saturated rings. The van der Waals surface area contributed by atoms with Crippen molar-refractivity contribution >= 4 is 11.6 Å². The van der Waals surface area contributed by atoms with Gasteiger partial charge in [0.05, 0.1) is 0 Å². The summed E-state index contributed by atoms with van der Waals surface area (Å²) >= 11 is 0. The second kappa shape index (κ2) is 5.65. The predicted octanol–water partition coefficient (Wildman–Crippen LogP) is 0.825. The zero-order valence-corrected chi connectivity index (χ0v) is 10.8. The Morgan fingerprint density at radius 1 is 1.19 bits per heavy atom. The Balaban J connectivity index is 2.78. The molecule has 0 saturated heterocycles. The van der Waals surface area contributed by atoms with Crippen molar-refractivity contribution in [1.29, 1.82) is 0 Å². The first-order valence-electron chi connectivity index (χ1n) is 5.41. The normalized spacial score (nSPS) is 10.6. The number of hydrogen-bond acceptors (Lipinski definition) is 5. The number of anilines is 2. The van der Waals surface area contributed by atoms with E-state index in [0.29, 0.717) is 0 Å². The molecule has 0 amide bonds. The van der Waals surface area contributed by atoms with Gasteiger partial charge in [0.2, 0.25) is 0 Å². The first-order valence-corrected chi connectivity index (χ1v) is 5.41. The van der Waals surface area contributed by atoms with Crippen LogP contribution < -0.4 is 10.2 Å². The van der Waals surface area contributed by atoms with E-state index in [1.54, 1.807) is 6.33 Å². The Morgan fingerprint density at radius 2 is 1.88 bits per heavy atom. The fraction of sp³-hybridized carbons (Fsp3) is 0.636. The molecule has 5 nitrogen and oxygen atoms in total. The topological polar surface area (TPSA) is 44.3 Å². The van der Waals surface area contributed by atoms with Crippen molar-refractivity contribution in [2.45, 2.75) is 6.92 Å². The molecule has 5 heteroatoms. The summed E-state index contributed by atoms with van der Waals surface area (Å²) in [5.41, 5.74) is 1.09. The second-order valence-corrected chi connectivity index (χ2v) is 4.15. The lowest BCUT2D eigenvalue weighted by molar-refractivity contribution is 0.416. The smallest absolute Gasteiger partial charge is 0.136 e. The summed E-state index contributed by atoms with van der Waals surface area (Å²) in [6, 6.07) is 0. The third-order valence-electron chi connectivity index (χ3n) is 2.54. The van der Waals surface area contributed by atoms with Crippen LogP contribution in [0.4, 0.5) is 11.6 Å². The van der Waals surface area contributed by atoms with Gasteiger partial charge in [-0.15, -0.1) is 0 Å². The summed E-state index contributed by atoms with van der Waals surface area (Å²) in [4.78, 5) is 12.8. The van der Waals surface area contributed by atoms with Gasteiger partial charge in [0.15, 0.2) is 0 Å². The lowest BCUT2D eigenvalue weighted by Crippen LogP contribution is -2.29. The number of hydrogen-bond donors (Lipinski definition) is 1. The molecule has 1 aromatic rings. The van der Waals surface area contributed by atoms with Gasteiger partial charge in [-0.05, 0) is 21.0 Å². The Labute approximate surface area is 97.5 Å². The van der Waals surface area contributed by atoms with Crippen LogP contribution in [0.15, 0.2) is 6.33 Å². The standard InChI is InChI=1S/C11H21N5/c1-9-10(12-2)13-8-14-11(9)16(5)7-6-15(3)4/h8H,6-7H2,1-5H3,(H,12,13,14). The minimum absolute atomic E-state index is 0.890. The maximum Gasteiger partial charge on any atom is 0.136 e. The number of rotatable bonds is 5. The van der Waals surface area contributed by atoms with Crippen molar-refractivity contribution in [3.63, 3.8) is 0 Å². The van der Waals surface area contributed by atoms with Crippen molar-refractivity contribution < 1.29 is 0 Å². The third-order valence-corrected chi connectivity index (χ3v) is 2.54. The van der Waals surface area contributed by atoms with E-state index in [1.165, 1.54) is 0 Å². The van der Waals surface area contributed by atoms with E-state index in [0.717, 1.165) is 30.3 Å². The van der Waals surface area contributed by atoms with Crippen LogP contribution in [0.1, 0.15) is 5.56 Å². The van der Waals surface area contributed by atoms with Crippen molar-refractivity contribution in [1.82, 2.24) is 14.9 Å². The molecule has 90 valence electrons. The summed E-state index contributed by atoms with van der Waals surface area (Å²) in [6.07, 6.45) is 1.60. The van der Waals surface area contributed by atoms with Crippen LogP contribution in [0.3, 0.4) is 0 Å². The van der Waals surface area contributed by atoms with Crippen LogP contribution in [0.25, 0.3) is 0 Å². The molecule has 0 radical (unpaired) electrons. The molecule has 1 heterocycles. The fourth-order valence-electron chi connectivity index (χ4n) is 1.53. The Hall–Kier alpha value is -1.36. The van der Waals surface area contributed by atoms with Crippen LogP contribution in [-0.2, 0) is 0 Å². The summed E-state index contributed by atoms with van der Waals surface area (Å²) in [6.45, 7) is 4.00. The highest BCUT2D eigenvalue weighted by molar-refractivity contribution is 5.57. The fourth-order valence-corrected chi connectivity index (χ4v) is 1.53. The summed E-state index contributed by atoms with van der Waals surface area (Å²) in [5, 5.41) is 3.07. The van der Waals surface area contributed by atoms with Gasteiger partial charge in [-0.25, -0.2) is 9.97 Å². The van der Waals surface area contributed by atoms with Gasteiger partial charge in [0, 0.05) is 32.7 Å². The van der Waals surface area contributed by atoms with E-state index in [1.807, 2.05) is 14.0 Å². The maximum atomic E-state index is 4.32. The third kappa shape index (κ3) is 3.06. The predicted molar refractivity (Wildman–Crippen MR) is 68.1 cm³/mol. The molecule has 0 saturated carbocycles. The largest absolute Gasteiger partial charge is 0.373 e. The van der Waals surface area contributed by atoms with Crippen LogP contribution in [0.2, 0.25) is 0 Å². The average Bonchev–Trinajstić information content (AvgIpc) is 2.26. The van der Waals surface area contributed by atoms with E-state index in [9.17, 15) is 0 Å². The van der Waals surface area contributed by atoms with Gasteiger partial charge < -0.3 is 15.1 Å². The van der Waals surface area contributed by atoms with E-state index in [2.05, 4.69) is 46.2 Å². The molecular weight excluding hydrogens is 202 g/mol. The summed E-state index contributed by atoms with van der Waals surface area (Å²) in [5.74, 6) is 1.88. The number of nitrogens with zero attached hydrogens (tertiary/aromatic N) is 4. The minimum atomic E-state index is 0.890. The van der Waals surface area contributed by atoms with Gasteiger partial charge in [-0.2, -0.15) is 0 Å². The molecule has 1 N–H and O–H groups in total. The molecule has 1 aromatic heterocycles. The average molecular weight is 223 g/mol. The zero-order valence-electron chi connectivity index (χ0n) is 10.8. The zero-order chi connectivity index (χ0) is 12.1. The highest BCUT2D eigenvalue weighted by Crippen LogP contribution is 2.20. The molecular formula is C11H21N5. The van der Waals surface area contributed by atoms with Crippen LogP contribution in [-0.4, -0.2) is 56.1 Å². The number of nitrogens with one attached hydrogen (secondary N) is 1. The molecule has 0 unspecified atom stereocenters. The van der Waals surface area contributed by atoms with E-state index >= 15 is 0 Å². The van der Waals surface area contributed by atoms with Gasteiger partial charge in [-0.1, -0.05) is 0 Å². The Bertz CT molecular complexity index is 337. The van der Waals surface area contributed by atoms with Crippen molar-refractivity contribution in [3.05, 3.63) is 11.9 Å². The molecule has 0 bridgehead atoms. The SMILES string of the molecule is CNc1ncnc(N(C)CCN(C)C)c1C. The molecule has 16 heavy (non-hydrogen) atoms. The number of aromatic nitrogens is 2. The van der Waals surface area contributed by atoms with Crippen molar-refractivity contribution in [3.8, 4) is 0 Å². The molecule has 1 rings (SSSR count). The van der Waals surface area contributed by atoms with Crippen LogP contribution in [0, 0.1) is 6.92 Å². The highest BCUT2D eigenvalue weighted by Gasteiger charge is 2.09. The molecule has 0 aromatic carbocycles. The quantitative estimate of drug-likeness (QED) is 0.801.